The van der Waals surface area contributed by atoms with Crippen LogP contribution in [0.3, 0.4) is 0 Å². The van der Waals surface area contributed by atoms with E-state index in [0.717, 1.165) is 34.3 Å². The maximum absolute atomic E-state index is 14.4. The summed E-state index contributed by atoms with van der Waals surface area (Å²) in [6, 6.07) is 10.6. The molecule has 2 heterocycles. The monoisotopic (exact) mass is 428 g/mol. The van der Waals surface area contributed by atoms with Gasteiger partial charge in [0.25, 0.3) is 0 Å². The van der Waals surface area contributed by atoms with Crippen LogP contribution in [0.5, 0.6) is 0 Å². The van der Waals surface area contributed by atoms with E-state index in [1.165, 1.54) is 13.0 Å². The molecule has 0 atom stereocenters. The molecule has 0 N–H and O–H groups in total. The van der Waals surface area contributed by atoms with Gasteiger partial charge in [0.05, 0.1) is 11.2 Å². The molecule has 0 unspecified atom stereocenters. The van der Waals surface area contributed by atoms with Gasteiger partial charge in [0.15, 0.2) is 5.78 Å². The zero-order valence-corrected chi connectivity index (χ0v) is 16.4. The average Bonchev–Trinajstić information content (AvgIpc) is 2.67. The Morgan fingerprint density at radius 3 is 2.48 bits per heavy atom. The first kappa shape index (κ1) is 17.9. The van der Waals surface area contributed by atoms with Crippen LogP contribution in [0.1, 0.15) is 17.3 Å². The van der Waals surface area contributed by atoms with E-state index in [0.29, 0.717) is 24.3 Å². The molecule has 1 aromatic heterocycles. The van der Waals surface area contributed by atoms with E-state index in [4.69, 9.17) is 0 Å². The quantitative estimate of drug-likeness (QED) is 0.588. The normalized spacial score (nSPS) is 14.6. The summed E-state index contributed by atoms with van der Waals surface area (Å²) in [6.45, 7) is 4.25. The lowest BCUT2D eigenvalue weighted by Crippen LogP contribution is -2.47. The van der Waals surface area contributed by atoms with Crippen molar-refractivity contribution < 1.29 is 9.18 Å². The lowest BCUT2D eigenvalue weighted by atomic mass is 10.1. The lowest BCUT2D eigenvalue weighted by molar-refractivity contribution is 0.101. The van der Waals surface area contributed by atoms with Crippen molar-refractivity contribution in [3.05, 3.63) is 58.6 Å². The number of carbonyl (C=O) groups is 1. The predicted octanol–water partition coefficient (Wildman–Crippen LogP) is 4.06. The number of rotatable bonds is 3. The second-order valence-corrected chi connectivity index (χ2v) is 7.47. The van der Waals surface area contributed by atoms with Crippen LogP contribution in [0, 0.1) is 5.82 Å². The van der Waals surface area contributed by atoms with Crippen molar-refractivity contribution in [3.8, 4) is 0 Å². The number of piperazine rings is 1. The number of hydrogen-bond donors (Lipinski definition) is 0. The summed E-state index contributed by atoms with van der Waals surface area (Å²) in [5, 5.41) is 0.998. The average molecular weight is 429 g/mol. The number of halogens is 2. The number of nitrogens with zero attached hydrogens (tertiary/aromatic N) is 4. The Kier molecular flexibility index (Phi) is 4.78. The summed E-state index contributed by atoms with van der Waals surface area (Å²) in [5.74, 6) is 0.410. The number of fused-ring (bicyclic) bond motifs is 1. The van der Waals surface area contributed by atoms with Gasteiger partial charge in [0, 0.05) is 41.6 Å². The highest BCUT2D eigenvalue weighted by atomic mass is 79.9. The zero-order valence-electron chi connectivity index (χ0n) is 14.8. The van der Waals surface area contributed by atoms with Gasteiger partial charge in [-0.3, -0.25) is 4.79 Å². The third kappa shape index (κ3) is 3.51. The Morgan fingerprint density at radius 1 is 1.04 bits per heavy atom. The molecule has 5 nitrogen and oxygen atoms in total. The van der Waals surface area contributed by atoms with E-state index >= 15 is 0 Å². The van der Waals surface area contributed by atoms with Crippen molar-refractivity contribution in [1.82, 2.24) is 9.97 Å². The van der Waals surface area contributed by atoms with Gasteiger partial charge in [0.2, 0.25) is 0 Å². The standard InChI is InChI=1S/C20H18BrFN4O/c1-13(27)14-2-5-19(17(22)10-14)25-6-8-26(9-7-25)20-16-11-15(21)3-4-18(16)23-12-24-20/h2-5,10-12H,6-9H2,1H3. The van der Waals surface area contributed by atoms with Crippen LogP contribution in [0.4, 0.5) is 15.9 Å². The van der Waals surface area contributed by atoms with Crippen molar-refractivity contribution >= 4 is 44.1 Å². The molecule has 27 heavy (non-hydrogen) atoms. The van der Waals surface area contributed by atoms with Crippen LogP contribution in [-0.2, 0) is 0 Å². The summed E-state index contributed by atoms with van der Waals surface area (Å²) in [5.41, 5.74) is 1.83. The fourth-order valence-electron chi connectivity index (χ4n) is 3.41. The molecule has 0 saturated carbocycles. The summed E-state index contributed by atoms with van der Waals surface area (Å²) >= 11 is 3.51. The summed E-state index contributed by atoms with van der Waals surface area (Å²) < 4.78 is 15.4. The van der Waals surface area contributed by atoms with E-state index in [2.05, 4.69) is 30.8 Å². The first-order valence-electron chi connectivity index (χ1n) is 8.73. The highest BCUT2D eigenvalue weighted by Crippen LogP contribution is 2.28. The maximum Gasteiger partial charge on any atom is 0.159 e. The molecule has 4 rings (SSSR count). The number of ketones is 1. The molecule has 0 spiro atoms. The van der Waals surface area contributed by atoms with E-state index in [-0.39, 0.29) is 11.6 Å². The third-order valence-electron chi connectivity index (χ3n) is 4.85. The topological polar surface area (TPSA) is 49.3 Å². The highest BCUT2D eigenvalue weighted by molar-refractivity contribution is 9.10. The molecule has 0 bridgehead atoms. The Labute approximate surface area is 165 Å². The van der Waals surface area contributed by atoms with Crippen LogP contribution in [0.2, 0.25) is 0 Å². The molecule has 1 fully saturated rings. The Balaban J connectivity index is 1.55. The van der Waals surface area contributed by atoms with Gasteiger partial charge in [-0.2, -0.15) is 0 Å². The van der Waals surface area contributed by atoms with Crippen molar-refractivity contribution in [2.45, 2.75) is 6.92 Å². The molecule has 3 aromatic rings. The van der Waals surface area contributed by atoms with Crippen LogP contribution >= 0.6 is 15.9 Å². The van der Waals surface area contributed by atoms with Gasteiger partial charge in [-0.05, 0) is 43.3 Å². The lowest BCUT2D eigenvalue weighted by Gasteiger charge is -2.37. The number of aromatic nitrogens is 2. The molecule has 2 aromatic carbocycles. The minimum Gasteiger partial charge on any atom is -0.366 e. The van der Waals surface area contributed by atoms with Crippen LogP contribution in [-0.4, -0.2) is 41.9 Å². The second-order valence-electron chi connectivity index (χ2n) is 6.56. The zero-order chi connectivity index (χ0) is 19.0. The third-order valence-corrected chi connectivity index (χ3v) is 5.34. The van der Waals surface area contributed by atoms with Gasteiger partial charge in [-0.1, -0.05) is 15.9 Å². The Bertz CT molecular complexity index is 1020. The molecular formula is C20H18BrFN4O. The number of hydrogen-bond acceptors (Lipinski definition) is 5. The summed E-state index contributed by atoms with van der Waals surface area (Å²) in [4.78, 5) is 24.4. The fourth-order valence-corrected chi connectivity index (χ4v) is 3.77. The van der Waals surface area contributed by atoms with E-state index in [1.807, 2.05) is 23.1 Å². The molecule has 7 heteroatoms. The van der Waals surface area contributed by atoms with Gasteiger partial charge in [0.1, 0.15) is 18.0 Å². The Morgan fingerprint density at radius 2 is 1.78 bits per heavy atom. The number of benzene rings is 2. The van der Waals surface area contributed by atoms with Crippen molar-refractivity contribution in [2.24, 2.45) is 0 Å². The molecular weight excluding hydrogens is 411 g/mol. The summed E-state index contributed by atoms with van der Waals surface area (Å²) in [7, 11) is 0. The van der Waals surface area contributed by atoms with Crippen LogP contribution < -0.4 is 9.80 Å². The second kappa shape index (κ2) is 7.23. The largest absolute Gasteiger partial charge is 0.366 e. The van der Waals surface area contributed by atoms with Gasteiger partial charge in [-0.25, -0.2) is 14.4 Å². The van der Waals surface area contributed by atoms with Crippen molar-refractivity contribution in [2.75, 3.05) is 36.0 Å². The van der Waals surface area contributed by atoms with Crippen LogP contribution in [0.25, 0.3) is 10.9 Å². The number of carbonyl (C=O) groups excluding carboxylic acids is 1. The van der Waals surface area contributed by atoms with E-state index in [1.54, 1.807) is 18.5 Å². The molecule has 0 radical (unpaired) electrons. The minimum absolute atomic E-state index is 0.132. The van der Waals surface area contributed by atoms with Gasteiger partial charge in [-0.15, -0.1) is 0 Å². The van der Waals surface area contributed by atoms with Crippen LogP contribution in [0.15, 0.2) is 47.2 Å². The first-order chi connectivity index (χ1) is 13.0. The smallest absolute Gasteiger partial charge is 0.159 e. The minimum atomic E-state index is -0.354. The molecule has 0 amide bonds. The van der Waals surface area contributed by atoms with Gasteiger partial charge >= 0.3 is 0 Å². The SMILES string of the molecule is CC(=O)c1ccc(N2CCN(c3ncnc4ccc(Br)cc34)CC2)c(F)c1. The molecule has 1 aliphatic rings. The number of Topliss-reactive ketones (excluding diaryl/α,β-unsaturated/α-hetero) is 1. The molecule has 1 saturated heterocycles. The van der Waals surface area contributed by atoms with Crippen molar-refractivity contribution in [3.63, 3.8) is 0 Å². The fraction of sp³-hybridized carbons (Fsp3) is 0.250. The molecule has 138 valence electrons. The maximum atomic E-state index is 14.4. The van der Waals surface area contributed by atoms with E-state index < -0.39 is 0 Å². The highest BCUT2D eigenvalue weighted by Gasteiger charge is 2.22. The first-order valence-corrected chi connectivity index (χ1v) is 9.53. The summed E-state index contributed by atoms with van der Waals surface area (Å²) in [6.07, 6.45) is 1.58. The van der Waals surface area contributed by atoms with E-state index in [9.17, 15) is 9.18 Å². The van der Waals surface area contributed by atoms with Gasteiger partial charge < -0.3 is 9.80 Å². The predicted molar refractivity (Wildman–Crippen MR) is 108 cm³/mol. The number of anilines is 2. The van der Waals surface area contributed by atoms with Crippen molar-refractivity contribution in [1.29, 1.82) is 0 Å². The molecule has 0 aliphatic carbocycles. The Hall–Kier alpha value is -2.54. The molecule has 1 aliphatic heterocycles.